The first-order chi connectivity index (χ1) is 25.2. The van der Waals surface area contributed by atoms with E-state index >= 15 is 4.79 Å². The van der Waals surface area contributed by atoms with Crippen molar-refractivity contribution >= 4 is 69.9 Å². The van der Waals surface area contributed by atoms with E-state index < -0.39 is 69.5 Å². The number of benzene rings is 3. The number of anilines is 2. The predicted octanol–water partition coefficient (Wildman–Crippen LogP) is 7.96. The van der Waals surface area contributed by atoms with Crippen molar-refractivity contribution in [2.75, 3.05) is 10.3 Å². The number of alkyl halides is 3. The lowest BCUT2D eigenvalue weighted by Gasteiger charge is -2.50. The highest BCUT2D eigenvalue weighted by Crippen LogP contribution is 2.65. The van der Waals surface area contributed by atoms with Gasteiger partial charge in [0.2, 0.25) is 11.8 Å². The first kappa shape index (κ1) is 35.1. The number of hydrogen-bond donors (Lipinski definition) is 2. The highest BCUT2D eigenvalue weighted by Gasteiger charge is 2.70. The number of carbonyl (C=O) groups is 4. The maximum absolute atomic E-state index is 15.2. The van der Waals surface area contributed by atoms with Crippen LogP contribution in [0.25, 0.3) is 0 Å². The van der Waals surface area contributed by atoms with Crippen LogP contribution < -0.4 is 10.3 Å². The molecule has 8 rings (SSSR count). The summed E-state index contributed by atoms with van der Waals surface area (Å²) in [4.78, 5) is 63.2. The van der Waals surface area contributed by atoms with Crippen LogP contribution in [0, 0.1) is 23.7 Å². The number of para-hydroxylation sites is 1. The summed E-state index contributed by atoms with van der Waals surface area (Å²) in [7, 11) is 0. The molecule has 3 heterocycles. The molecule has 6 unspecified atom stereocenters. The number of phenols is 1. The highest BCUT2D eigenvalue weighted by atomic mass is 35.5. The fourth-order valence-corrected chi connectivity index (χ4v) is 9.33. The van der Waals surface area contributed by atoms with Crippen LogP contribution in [0.1, 0.15) is 35.4 Å². The number of hydrazine groups is 1. The summed E-state index contributed by atoms with van der Waals surface area (Å²) in [5.74, 6) is -7.50. The molecule has 53 heavy (non-hydrogen) atoms. The molecule has 4 aromatic rings. The van der Waals surface area contributed by atoms with E-state index in [1.165, 1.54) is 17.0 Å². The molecule has 6 atom stereocenters. The zero-order chi connectivity index (χ0) is 37.6. The summed E-state index contributed by atoms with van der Waals surface area (Å²) < 4.78 is 40.3. The Hall–Kier alpha value is -4.91. The molecule has 4 aliphatic rings. The summed E-state index contributed by atoms with van der Waals surface area (Å²) in [6.45, 7) is 0. The van der Waals surface area contributed by atoms with E-state index in [0.29, 0.717) is 44.7 Å². The van der Waals surface area contributed by atoms with Crippen LogP contribution in [0.15, 0.2) is 96.7 Å². The first-order valence-corrected chi connectivity index (χ1v) is 17.6. The second-order valence-corrected chi connectivity index (χ2v) is 14.7. The van der Waals surface area contributed by atoms with Crippen molar-refractivity contribution in [3.8, 4) is 5.75 Å². The van der Waals surface area contributed by atoms with Gasteiger partial charge in [-0.25, -0.2) is 4.98 Å². The lowest BCUT2D eigenvalue weighted by Crippen LogP contribution is -2.53. The van der Waals surface area contributed by atoms with Crippen molar-refractivity contribution < 1.29 is 37.5 Å². The number of halogens is 6. The number of pyridine rings is 1. The minimum atomic E-state index is -4.75. The van der Waals surface area contributed by atoms with Gasteiger partial charge in [0.05, 0.1) is 39.4 Å². The Morgan fingerprint density at radius 2 is 1.57 bits per heavy atom. The minimum Gasteiger partial charge on any atom is -0.508 e. The van der Waals surface area contributed by atoms with E-state index in [0.717, 1.165) is 0 Å². The van der Waals surface area contributed by atoms with E-state index in [9.17, 15) is 32.7 Å². The van der Waals surface area contributed by atoms with Gasteiger partial charge in [-0.15, -0.1) is 0 Å². The second kappa shape index (κ2) is 12.6. The molecule has 1 aromatic heterocycles. The Morgan fingerprint density at radius 3 is 2.23 bits per heavy atom. The van der Waals surface area contributed by atoms with Crippen LogP contribution in [-0.2, 0) is 30.8 Å². The normalized spacial score (nSPS) is 26.7. The maximum Gasteiger partial charge on any atom is 0.417 e. The molecule has 2 N–H and O–H groups in total. The van der Waals surface area contributed by atoms with Crippen molar-refractivity contribution in [1.29, 1.82) is 0 Å². The van der Waals surface area contributed by atoms with E-state index in [4.69, 9.17) is 34.8 Å². The van der Waals surface area contributed by atoms with Gasteiger partial charge in [-0.3, -0.25) is 29.5 Å². The molecule has 0 spiro atoms. The Morgan fingerprint density at radius 1 is 0.849 bits per heavy atom. The van der Waals surface area contributed by atoms with E-state index in [1.807, 2.05) is 6.08 Å². The Bertz CT molecular complexity index is 2250. The minimum absolute atomic E-state index is 0.0552. The molecule has 4 amide bonds. The van der Waals surface area contributed by atoms with Crippen LogP contribution in [-0.4, -0.2) is 38.7 Å². The average molecular weight is 782 g/mol. The number of rotatable bonds is 5. The fraction of sp³-hybridized carbons (Fsp3) is 0.237. The number of amides is 4. The summed E-state index contributed by atoms with van der Waals surface area (Å²) in [6, 6.07) is 19.8. The summed E-state index contributed by atoms with van der Waals surface area (Å²) in [5, 5.41) is 11.0. The number of aromatic hydroxyl groups is 1. The second-order valence-electron chi connectivity index (χ2n) is 13.5. The molecule has 3 aromatic carbocycles. The topological polar surface area (TPSA) is 120 Å². The van der Waals surface area contributed by atoms with Gasteiger partial charge in [0, 0.05) is 22.2 Å². The van der Waals surface area contributed by atoms with Crippen LogP contribution in [0.2, 0.25) is 15.1 Å². The van der Waals surface area contributed by atoms with Crippen molar-refractivity contribution in [3.63, 3.8) is 0 Å². The third-order valence-corrected chi connectivity index (χ3v) is 11.7. The smallest absolute Gasteiger partial charge is 0.417 e. The van der Waals surface area contributed by atoms with Gasteiger partial charge in [0.25, 0.3) is 11.8 Å². The van der Waals surface area contributed by atoms with Crippen LogP contribution >= 0.6 is 34.8 Å². The highest BCUT2D eigenvalue weighted by molar-refractivity contribution is 6.33. The van der Waals surface area contributed by atoms with Crippen molar-refractivity contribution in [3.05, 3.63) is 128 Å². The first-order valence-electron chi connectivity index (χ1n) is 16.5. The van der Waals surface area contributed by atoms with Crippen molar-refractivity contribution in [1.82, 2.24) is 9.99 Å². The molecule has 0 radical (unpaired) electrons. The van der Waals surface area contributed by atoms with Gasteiger partial charge in [-0.1, -0.05) is 82.9 Å². The molecule has 1 saturated carbocycles. The summed E-state index contributed by atoms with van der Waals surface area (Å²) >= 11 is 19.4. The molecule has 9 nitrogen and oxygen atoms in total. The lowest BCUT2D eigenvalue weighted by atomic mass is 9.49. The molecule has 3 fully saturated rings. The zero-order valence-corrected chi connectivity index (χ0v) is 29.4. The van der Waals surface area contributed by atoms with Gasteiger partial charge in [0.1, 0.15) is 5.75 Å². The number of hydrogen-bond acceptors (Lipinski definition) is 7. The van der Waals surface area contributed by atoms with Crippen LogP contribution in [0.3, 0.4) is 0 Å². The zero-order valence-electron chi connectivity index (χ0n) is 27.2. The quantitative estimate of drug-likeness (QED) is 0.156. The number of phenolic OH excluding ortho intramolecular Hbond substituents is 1. The number of nitrogens with zero attached hydrogens (tertiary/aromatic N) is 3. The van der Waals surface area contributed by atoms with Crippen molar-refractivity contribution in [2.45, 2.75) is 30.4 Å². The summed E-state index contributed by atoms with van der Waals surface area (Å²) in [5.41, 5.74) is 1.44. The SMILES string of the molecule is O=C1C2CC3C(=CCC4C(=O)N(c5ccccc5)C(=O)C43)C(c3ccc(O)cc3Cl)C2(c2ccc(Cl)cc2)C(=O)N1Nc1ncc(C(F)(F)F)cc1Cl. The number of imide groups is 2. The molecular weight excluding hydrogens is 756 g/mol. The molecule has 270 valence electrons. The third-order valence-electron chi connectivity index (χ3n) is 10.9. The largest absolute Gasteiger partial charge is 0.508 e. The molecule has 15 heteroatoms. The number of fused-ring (bicyclic) bond motifs is 4. The lowest BCUT2D eigenvalue weighted by molar-refractivity contribution is -0.139. The van der Waals surface area contributed by atoms with Gasteiger partial charge in [0.15, 0.2) is 5.82 Å². The van der Waals surface area contributed by atoms with E-state index in [-0.39, 0.29) is 35.3 Å². The Kier molecular flexibility index (Phi) is 8.36. The Balaban J connectivity index is 1.32. The number of allylic oxidation sites excluding steroid dienone is 2. The molecule has 2 aliphatic carbocycles. The van der Waals surface area contributed by atoms with Crippen LogP contribution in [0.4, 0.5) is 24.7 Å². The van der Waals surface area contributed by atoms with E-state index in [2.05, 4.69) is 10.4 Å². The maximum atomic E-state index is 15.2. The van der Waals surface area contributed by atoms with E-state index in [1.54, 1.807) is 60.7 Å². The van der Waals surface area contributed by atoms with Gasteiger partial charge < -0.3 is 5.11 Å². The predicted molar refractivity (Wildman–Crippen MR) is 189 cm³/mol. The monoisotopic (exact) mass is 780 g/mol. The fourth-order valence-electron chi connectivity index (χ4n) is 8.71. The molecular formula is C38H26Cl3F3N4O5. The number of aromatic nitrogens is 1. The average Bonchev–Trinajstić information content (AvgIpc) is 3.50. The molecule has 2 aliphatic heterocycles. The molecule has 2 saturated heterocycles. The van der Waals surface area contributed by atoms with Gasteiger partial charge in [-0.05, 0) is 72.4 Å². The van der Waals surface area contributed by atoms with Crippen LogP contribution in [0.5, 0.6) is 5.75 Å². The third kappa shape index (κ3) is 5.32. The standard InChI is InChI=1S/C38H26Cl3F3N4O5/c39-20-8-6-18(7-9-20)37-27(34(51)48(36(37)53)46-32-29(41)14-19(17-45-32)38(42,43)44)16-26-23(31(37)24-11-10-22(49)15-28(24)40)12-13-25-30(26)35(52)47(33(25)50)21-4-2-1-3-5-21/h1-12,14-15,17,25-27,30-31,49H,13,16H2,(H,45,46). The van der Waals surface area contributed by atoms with Gasteiger partial charge >= 0.3 is 6.18 Å². The van der Waals surface area contributed by atoms with Gasteiger partial charge in [-0.2, -0.15) is 18.2 Å². The number of carbonyl (C=O) groups excluding carboxylic acids is 4. The Labute approximate surface area is 314 Å². The number of nitrogens with one attached hydrogen (secondary N) is 1. The van der Waals surface area contributed by atoms with Crippen molar-refractivity contribution in [2.24, 2.45) is 23.7 Å². The molecule has 0 bridgehead atoms. The summed E-state index contributed by atoms with van der Waals surface area (Å²) in [6.07, 6.45) is -2.28.